The van der Waals surface area contributed by atoms with Gasteiger partial charge < -0.3 is 10.6 Å². The number of nitrogens with zero attached hydrogens (tertiary/aromatic N) is 3. The van der Waals surface area contributed by atoms with Crippen molar-refractivity contribution in [1.29, 1.82) is 0 Å². The highest BCUT2D eigenvalue weighted by Gasteiger charge is 2.28. The summed E-state index contributed by atoms with van der Waals surface area (Å²) >= 11 is 6.00. The van der Waals surface area contributed by atoms with Gasteiger partial charge in [-0.05, 0) is 56.9 Å². The number of carbonyl (C=O) groups is 2. The summed E-state index contributed by atoms with van der Waals surface area (Å²) in [5.74, 6) is -0.961. The Balaban J connectivity index is 1.45. The molecule has 1 aliphatic rings. The number of fused-ring (bicyclic) bond motifs is 1. The molecule has 0 spiro atoms. The van der Waals surface area contributed by atoms with Gasteiger partial charge in [-0.3, -0.25) is 9.59 Å². The summed E-state index contributed by atoms with van der Waals surface area (Å²) in [6.45, 7) is 5.77. The number of nitrogens with one attached hydrogen (secondary N) is 2. The molecule has 0 saturated heterocycles. The number of amides is 2. The first-order chi connectivity index (χ1) is 15.2. The van der Waals surface area contributed by atoms with Crippen LogP contribution in [0.25, 0.3) is 5.65 Å². The normalized spacial score (nSPS) is 18.3. The SMILES string of the molecule is Cc1cc(C)n2ncc(C(=O)NC3CC=C(C(=O)Nc4ccc(F)cc4Cl)CC3C)c2n1. The van der Waals surface area contributed by atoms with E-state index in [-0.39, 0.29) is 28.8 Å². The summed E-state index contributed by atoms with van der Waals surface area (Å²) in [5.41, 5.74) is 3.62. The quantitative estimate of drug-likeness (QED) is 0.616. The molecule has 9 heteroatoms. The van der Waals surface area contributed by atoms with Gasteiger partial charge in [-0.15, -0.1) is 0 Å². The zero-order valence-corrected chi connectivity index (χ0v) is 18.7. The van der Waals surface area contributed by atoms with Crippen molar-refractivity contribution in [3.63, 3.8) is 0 Å². The minimum Gasteiger partial charge on any atom is -0.349 e. The summed E-state index contributed by atoms with van der Waals surface area (Å²) < 4.78 is 14.9. The van der Waals surface area contributed by atoms with Gasteiger partial charge in [0.25, 0.3) is 11.8 Å². The monoisotopic (exact) mass is 455 g/mol. The highest BCUT2D eigenvalue weighted by molar-refractivity contribution is 6.33. The van der Waals surface area contributed by atoms with E-state index < -0.39 is 5.82 Å². The van der Waals surface area contributed by atoms with Crippen LogP contribution >= 0.6 is 11.6 Å². The molecule has 4 rings (SSSR count). The molecule has 7 nitrogen and oxygen atoms in total. The van der Waals surface area contributed by atoms with Crippen LogP contribution in [0.15, 0.2) is 42.1 Å². The Morgan fingerprint density at radius 2 is 2.00 bits per heavy atom. The van der Waals surface area contributed by atoms with Gasteiger partial charge in [-0.25, -0.2) is 13.9 Å². The van der Waals surface area contributed by atoms with Crippen LogP contribution in [-0.2, 0) is 4.79 Å². The van der Waals surface area contributed by atoms with E-state index in [1.807, 2.05) is 32.9 Å². The fourth-order valence-electron chi connectivity index (χ4n) is 3.93. The molecule has 0 aliphatic heterocycles. The molecular weight excluding hydrogens is 433 g/mol. The number of benzene rings is 1. The van der Waals surface area contributed by atoms with Gasteiger partial charge in [-0.1, -0.05) is 24.6 Å². The van der Waals surface area contributed by atoms with E-state index in [0.717, 1.165) is 17.5 Å². The number of halogens is 2. The molecule has 2 N–H and O–H groups in total. The van der Waals surface area contributed by atoms with Crippen LogP contribution in [-0.4, -0.2) is 32.5 Å². The first kappa shape index (κ1) is 22.0. The van der Waals surface area contributed by atoms with Gasteiger partial charge >= 0.3 is 0 Å². The van der Waals surface area contributed by atoms with Gasteiger partial charge in [0.05, 0.1) is 16.9 Å². The topological polar surface area (TPSA) is 88.4 Å². The van der Waals surface area contributed by atoms with E-state index >= 15 is 0 Å². The standard InChI is InChI=1S/C23H23ClFN5O2/c1-12-8-15(22(31)29-20-7-5-16(25)10-18(20)24)4-6-19(12)28-23(32)17-11-26-30-14(3)9-13(2)27-21(17)30/h4-5,7,9-12,19H,6,8H2,1-3H3,(H,28,32)(H,29,31). The van der Waals surface area contributed by atoms with Crippen LogP contribution in [0.1, 0.15) is 41.5 Å². The van der Waals surface area contributed by atoms with Crippen molar-refractivity contribution in [3.8, 4) is 0 Å². The maximum atomic E-state index is 13.2. The Morgan fingerprint density at radius 1 is 1.22 bits per heavy atom. The van der Waals surface area contributed by atoms with Crippen molar-refractivity contribution in [3.05, 3.63) is 69.9 Å². The third kappa shape index (κ3) is 4.36. The lowest BCUT2D eigenvalue weighted by Gasteiger charge is -2.29. The minimum atomic E-state index is -0.469. The van der Waals surface area contributed by atoms with E-state index in [9.17, 15) is 14.0 Å². The lowest BCUT2D eigenvalue weighted by Crippen LogP contribution is -2.41. The van der Waals surface area contributed by atoms with Crippen molar-refractivity contribution in [2.24, 2.45) is 5.92 Å². The van der Waals surface area contributed by atoms with Crippen LogP contribution in [0.3, 0.4) is 0 Å². The second-order valence-electron chi connectivity index (χ2n) is 8.14. The van der Waals surface area contributed by atoms with Crippen molar-refractivity contribution in [2.45, 2.75) is 39.7 Å². The third-order valence-corrected chi connectivity index (χ3v) is 5.97. The zero-order valence-electron chi connectivity index (χ0n) is 17.9. The fourth-order valence-corrected chi connectivity index (χ4v) is 4.15. The highest BCUT2D eigenvalue weighted by Crippen LogP contribution is 2.28. The molecule has 0 bridgehead atoms. The number of hydrogen-bond acceptors (Lipinski definition) is 4. The van der Waals surface area contributed by atoms with E-state index in [1.54, 1.807) is 4.52 Å². The van der Waals surface area contributed by atoms with E-state index in [1.165, 1.54) is 18.3 Å². The van der Waals surface area contributed by atoms with Gasteiger partial charge in [-0.2, -0.15) is 5.10 Å². The molecule has 2 atom stereocenters. The van der Waals surface area contributed by atoms with Gasteiger partial charge in [0.1, 0.15) is 11.4 Å². The van der Waals surface area contributed by atoms with Crippen LogP contribution in [0, 0.1) is 25.6 Å². The molecule has 1 aromatic carbocycles. The number of hydrogen-bond donors (Lipinski definition) is 2. The maximum Gasteiger partial charge on any atom is 0.257 e. The molecule has 2 aromatic heterocycles. The van der Waals surface area contributed by atoms with Gasteiger partial charge in [0.15, 0.2) is 5.65 Å². The number of carbonyl (C=O) groups excluding carboxylic acids is 2. The lowest BCUT2D eigenvalue weighted by atomic mass is 9.85. The molecule has 2 unspecified atom stereocenters. The van der Waals surface area contributed by atoms with E-state index in [4.69, 9.17) is 11.6 Å². The second kappa shape index (κ2) is 8.70. The number of aryl methyl sites for hydroxylation is 2. The van der Waals surface area contributed by atoms with Crippen molar-refractivity contribution < 1.29 is 14.0 Å². The summed E-state index contributed by atoms with van der Waals surface area (Å²) in [7, 11) is 0. The smallest absolute Gasteiger partial charge is 0.257 e. The van der Waals surface area contributed by atoms with Crippen LogP contribution in [0.5, 0.6) is 0 Å². The maximum absolute atomic E-state index is 13.2. The van der Waals surface area contributed by atoms with Gasteiger partial charge in [0, 0.05) is 23.0 Å². The molecule has 1 aliphatic carbocycles. The first-order valence-corrected chi connectivity index (χ1v) is 10.7. The van der Waals surface area contributed by atoms with E-state index in [0.29, 0.717) is 35.3 Å². The first-order valence-electron chi connectivity index (χ1n) is 10.3. The molecule has 2 heterocycles. The van der Waals surface area contributed by atoms with Crippen molar-refractivity contribution >= 4 is 34.7 Å². The van der Waals surface area contributed by atoms with Crippen LogP contribution in [0.4, 0.5) is 10.1 Å². The Hall–Kier alpha value is -3.26. The number of aromatic nitrogens is 3. The van der Waals surface area contributed by atoms with Gasteiger partial charge in [0.2, 0.25) is 0 Å². The van der Waals surface area contributed by atoms with Crippen molar-refractivity contribution in [2.75, 3.05) is 5.32 Å². The Labute approximate surface area is 189 Å². The van der Waals surface area contributed by atoms with Crippen LogP contribution in [0.2, 0.25) is 5.02 Å². The molecule has 2 amide bonds. The third-order valence-electron chi connectivity index (χ3n) is 5.66. The number of rotatable bonds is 4. The fraction of sp³-hybridized carbons (Fsp3) is 0.304. The Morgan fingerprint density at radius 3 is 2.72 bits per heavy atom. The zero-order chi connectivity index (χ0) is 23.0. The summed E-state index contributed by atoms with van der Waals surface area (Å²) in [6.07, 6.45) is 4.34. The largest absolute Gasteiger partial charge is 0.349 e. The molecule has 32 heavy (non-hydrogen) atoms. The Bertz CT molecular complexity index is 1250. The molecule has 0 fully saturated rings. The molecule has 0 saturated carbocycles. The predicted octanol–water partition coefficient (Wildman–Crippen LogP) is 4.23. The average Bonchev–Trinajstić information content (AvgIpc) is 3.15. The molecule has 0 radical (unpaired) electrons. The van der Waals surface area contributed by atoms with E-state index in [2.05, 4.69) is 20.7 Å². The summed E-state index contributed by atoms with van der Waals surface area (Å²) in [4.78, 5) is 30.0. The molecule has 166 valence electrons. The van der Waals surface area contributed by atoms with Crippen molar-refractivity contribution in [1.82, 2.24) is 19.9 Å². The summed E-state index contributed by atoms with van der Waals surface area (Å²) in [6, 6.07) is 5.59. The lowest BCUT2D eigenvalue weighted by molar-refractivity contribution is -0.113. The number of anilines is 1. The minimum absolute atomic E-state index is 0.0339. The van der Waals surface area contributed by atoms with Crippen LogP contribution < -0.4 is 10.6 Å². The average molecular weight is 456 g/mol. The second-order valence-corrected chi connectivity index (χ2v) is 8.54. The summed E-state index contributed by atoms with van der Waals surface area (Å²) in [5, 5.41) is 10.2. The predicted molar refractivity (Wildman–Crippen MR) is 120 cm³/mol. The molecule has 3 aromatic rings. The molecular formula is C23H23ClFN5O2. The Kier molecular flexibility index (Phi) is 5.97. The highest BCUT2D eigenvalue weighted by atomic mass is 35.5.